The molecular formula is C20H27N3O2. The van der Waals surface area contributed by atoms with Gasteiger partial charge in [0.05, 0.1) is 25.5 Å². The molecule has 1 N–H and O–H groups in total. The van der Waals surface area contributed by atoms with Gasteiger partial charge >= 0.3 is 0 Å². The summed E-state index contributed by atoms with van der Waals surface area (Å²) in [4.78, 5) is 9.40. The molecule has 1 aliphatic rings. The van der Waals surface area contributed by atoms with Crippen LogP contribution < -0.4 is 10.1 Å². The Morgan fingerprint density at radius 3 is 2.68 bits per heavy atom. The van der Waals surface area contributed by atoms with Crippen molar-refractivity contribution in [3.05, 3.63) is 46.9 Å². The van der Waals surface area contributed by atoms with Crippen molar-refractivity contribution < 1.29 is 9.47 Å². The van der Waals surface area contributed by atoms with Gasteiger partial charge in [-0.25, -0.2) is 9.97 Å². The third-order valence-electron chi connectivity index (χ3n) is 4.51. The Balaban J connectivity index is 1.91. The van der Waals surface area contributed by atoms with Gasteiger partial charge in [0.2, 0.25) is 0 Å². The molecule has 0 radical (unpaired) electrons. The van der Waals surface area contributed by atoms with Crippen LogP contribution in [0.3, 0.4) is 0 Å². The van der Waals surface area contributed by atoms with Crippen molar-refractivity contribution in [2.45, 2.75) is 51.7 Å². The number of fused-ring (bicyclic) bond motifs is 1. The third-order valence-corrected chi connectivity index (χ3v) is 4.51. The predicted octanol–water partition coefficient (Wildman–Crippen LogP) is 4.03. The van der Waals surface area contributed by atoms with Crippen molar-refractivity contribution in [2.75, 3.05) is 19.5 Å². The molecular weight excluding hydrogens is 314 g/mol. The summed E-state index contributed by atoms with van der Waals surface area (Å²) in [5, 5.41) is 3.60. The molecule has 0 saturated carbocycles. The van der Waals surface area contributed by atoms with Gasteiger partial charge in [0.1, 0.15) is 17.4 Å². The Labute approximate surface area is 149 Å². The van der Waals surface area contributed by atoms with E-state index >= 15 is 0 Å². The standard InChI is InChI=1S/C20H27N3O2/c1-20(2,3)19-21-13(12-24-4)11-18(23-19)22-16-10-9-15-14(16)7-6-8-17(15)25-5/h6-8,11,16H,9-10,12H2,1-5H3,(H,21,22,23). The highest BCUT2D eigenvalue weighted by Gasteiger charge is 2.26. The number of nitrogens with zero attached hydrogens (tertiary/aromatic N) is 2. The number of anilines is 1. The van der Waals surface area contributed by atoms with Gasteiger partial charge in [-0.3, -0.25) is 0 Å². The minimum Gasteiger partial charge on any atom is -0.496 e. The second kappa shape index (κ2) is 7.00. The van der Waals surface area contributed by atoms with Crippen LogP contribution in [0.15, 0.2) is 24.3 Å². The minimum absolute atomic E-state index is 0.114. The summed E-state index contributed by atoms with van der Waals surface area (Å²) in [6, 6.07) is 8.47. The second-order valence-electron chi connectivity index (χ2n) is 7.51. The molecule has 5 nitrogen and oxygen atoms in total. The van der Waals surface area contributed by atoms with Crippen LogP contribution in [0.5, 0.6) is 5.75 Å². The lowest BCUT2D eigenvalue weighted by molar-refractivity contribution is 0.181. The van der Waals surface area contributed by atoms with Gasteiger partial charge < -0.3 is 14.8 Å². The van der Waals surface area contributed by atoms with Crippen molar-refractivity contribution >= 4 is 5.82 Å². The molecule has 134 valence electrons. The normalized spacial score (nSPS) is 16.6. The van der Waals surface area contributed by atoms with Crippen molar-refractivity contribution in [3.8, 4) is 5.75 Å². The predicted molar refractivity (Wildman–Crippen MR) is 99.1 cm³/mol. The molecule has 1 aromatic heterocycles. The molecule has 0 amide bonds. The number of aromatic nitrogens is 2. The van der Waals surface area contributed by atoms with E-state index in [0.29, 0.717) is 6.61 Å². The number of ether oxygens (including phenoxy) is 2. The Morgan fingerprint density at radius 2 is 2.00 bits per heavy atom. The maximum atomic E-state index is 5.50. The second-order valence-corrected chi connectivity index (χ2v) is 7.51. The lowest BCUT2D eigenvalue weighted by Crippen LogP contribution is -2.19. The van der Waals surface area contributed by atoms with E-state index in [4.69, 9.17) is 14.5 Å². The Bertz CT molecular complexity index is 753. The van der Waals surface area contributed by atoms with E-state index in [-0.39, 0.29) is 11.5 Å². The van der Waals surface area contributed by atoms with Crippen LogP contribution in [0.1, 0.15) is 55.9 Å². The number of nitrogens with one attached hydrogen (secondary N) is 1. The number of hydrogen-bond donors (Lipinski definition) is 1. The molecule has 0 fully saturated rings. The summed E-state index contributed by atoms with van der Waals surface area (Å²) in [7, 11) is 3.42. The van der Waals surface area contributed by atoms with Crippen molar-refractivity contribution in [1.29, 1.82) is 0 Å². The first kappa shape index (κ1) is 17.7. The zero-order valence-electron chi connectivity index (χ0n) is 15.7. The first-order chi connectivity index (χ1) is 11.9. The van der Waals surface area contributed by atoms with Gasteiger partial charge in [0.15, 0.2) is 0 Å². The van der Waals surface area contributed by atoms with E-state index in [9.17, 15) is 0 Å². The lowest BCUT2D eigenvalue weighted by atomic mass is 9.95. The van der Waals surface area contributed by atoms with Crippen molar-refractivity contribution in [2.24, 2.45) is 0 Å². The molecule has 0 bridgehead atoms. The Kier molecular flexibility index (Phi) is 4.95. The Morgan fingerprint density at radius 1 is 1.20 bits per heavy atom. The summed E-state index contributed by atoms with van der Waals surface area (Å²) in [5.74, 6) is 2.65. The van der Waals surface area contributed by atoms with E-state index in [0.717, 1.165) is 35.9 Å². The average molecular weight is 341 g/mol. The monoisotopic (exact) mass is 341 g/mol. The van der Waals surface area contributed by atoms with Crippen LogP contribution in [0.25, 0.3) is 0 Å². The van der Waals surface area contributed by atoms with E-state index < -0.39 is 0 Å². The highest BCUT2D eigenvalue weighted by atomic mass is 16.5. The van der Waals surface area contributed by atoms with E-state index in [1.165, 1.54) is 11.1 Å². The van der Waals surface area contributed by atoms with Gasteiger partial charge in [0, 0.05) is 18.6 Å². The lowest BCUT2D eigenvalue weighted by Gasteiger charge is -2.21. The molecule has 1 aliphatic carbocycles. The first-order valence-electron chi connectivity index (χ1n) is 8.72. The van der Waals surface area contributed by atoms with Crippen LogP contribution in [-0.2, 0) is 23.2 Å². The zero-order valence-corrected chi connectivity index (χ0v) is 15.7. The van der Waals surface area contributed by atoms with Gasteiger partial charge in [-0.2, -0.15) is 0 Å². The topological polar surface area (TPSA) is 56.3 Å². The van der Waals surface area contributed by atoms with Crippen LogP contribution in [0, 0.1) is 0 Å². The fourth-order valence-electron chi connectivity index (χ4n) is 3.27. The molecule has 1 heterocycles. The highest BCUT2D eigenvalue weighted by Crippen LogP contribution is 2.38. The molecule has 2 aromatic rings. The van der Waals surface area contributed by atoms with Gasteiger partial charge in [-0.1, -0.05) is 32.9 Å². The minimum atomic E-state index is -0.114. The summed E-state index contributed by atoms with van der Waals surface area (Å²) in [6.45, 7) is 6.85. The van der Waals surface area contributed by atoms with Crippen LogP contribution in [0.2, 0.25) is 0 Å². The maximum Gasteiger partial charge on any atom is 0.136 e. The molecule has 0 spiro atoms. The fourth-order valence-corrected chi connectivity index (χ4v) is 3.27. The number of rotatable bonds is 5. The molecule has 1 atom stereocenters. The molecule has 0 saturated heterocycles. The molecule has 5 heteroatoms. The summed E-state index contributed by atoms with van der Waals surface area (Å²) in [6.07, 6.45) is 2.04. The van der Waals surface area contributed by atoms with Crippen molar-refractivity contribution in [1.82, 2.24) is 9.97 Å². The molecule has 0 aliphatic heterocycles. The van der Waals surface area contributed by atoms with Gasteiger partial charge in [-0.05, 0) is 30.0 Å². The van der Waals surface area contributed by atoms with Gasteiger partial charge in [0.25, 0.3) is 0 Å². The summed E-state index contributed by atoms with van der Waals surface area (Å²) >= 11 is 0. The maximum absolute atomic E-state index is 5.50. The number of hydrogen-bond acceptors (Lipinski definition) is 5. The average Bonchev–Trinajstić information content (AvgIpc) is 2.97. The Hall–Kier alpha value is -2.14. The molecule has 1 aromatic carbocycles. The van der Waals surface area contributed by atoms with Crippen molar-refractivity contribution in [3.63, 3.8) is 0 Å². The largest absolute Gasteiger partial charge is 0.496 e. The molecule has 1 unspecified atom stereocenters. The third kappa shape index (κ3) is 3.76. The van der Waals surface area contributed by atoms with Crippen LogP contribution >= 0.6 is 0 Å². The molecule has 3 rings (SSSR count). The quantitative estimate of drug-likeness (QED) is 0.890. The molecule has 25 heavy (non-hydrogen) atoms. The zero-order chi connectivity index (χ0) is 18.0. The highest BCUT2D eigenvalue weighted by molar-refractivity contribution is 5.49. The van der Waals surface area contributed by atoms with Crippen LogP contribution in [0.4, 0.5) is 5.82 Å². The van der Waals surface area contributed by atoms with E-state index in [2.05, 4.69) is 43.2 Å². The van der Waals surface area contributed by atoms with Gasteiger partial charge in [-0.15, -0.1) is 0 Å². The summed E-state index contributed by atoms with van der Waals surface area (Å²) < 4.78 is 10.8. The summed E-state index contributed by atoms with van der Waals surface area (Å²) in [5.41, 5.74) is 3.37. The first-order valence-corrected chi connectivity index (χ1v) is 8.72. The number of benzene rings is 1. The number of methoxy groups -OCH3 is 2. The smallest absolute Gasteiger partial charge is 0.136 e. The SMILES string of the molecule is COCc1cc(NC2CCc3c(OC)cccc32)nc(C(C)(C)C)n1. The van der Waals surface area contributed by atoms with E-state index in [1.807, 2.05) is 12.1 Å². The van der Waals surface area contributed by atoms with Crippen LogP contribution in [-0.4, -0.2) is 24.2 Å². The van der Waals surface area contributed by atoms with E-state index in [1.54, 1.807) is 14.2 Å². The fraction of sp³-hybridized carbons (Fsp3) is 0.500.